The molecule has 0 amide bonds. The number of hydrogen-bond donors (Lipinski definition) is 1. The standard InChI is InChI=1S/C6H3Br2Cl.C6H4BrClO3S/c7-4-1-5(8)3-6(9)2-4;7-4-1-5(8)3-6(2-4)12(9,10)11/h1-3H;1-3H,(H,9,10,11). The monoisotopic (exact) mass is 538 g/mol. The second-order valence-corrected chi connectivity index (χ2v) is 8.71. The maximum Gasteiger partial charge on any atom is 0.294 e. The Morgan fingerprint density at radius 2 is 1.14 bits per heavy atom. The van der Waals surface area contributed by atoms with Crippen LogP contribution in [0.3, 0.4) is 0 Å². The van der Waals surface area contributed by atoms with Crippen LogP contribution < -0.4 is 0 Å². The molecule has 0 heterocycles. The third-order valence-corrected chi connectivity index (χ3v) is 4.60. The molecule has 0 unspecified atom stereocenters. The molecule has 0 saturated carbocycles. The first-order valence-corrected chi connectivity index (χ1v) is 9.70. The quantitative estimate of drug-likeness (QED) is 0.437. The lowest BCUT2D eigenvalue weighted by Crippen LogP contribution is -1.97. The van der Waals surface area contributed by atoms with Gasteiger partial charge in [0.25, 0.3) is 10.1 Å². The van der Waals surface area contributed by atoms with E-state index in [4.69, 9.17) is 27.8 Å². The zero-order valence-corrected chi connectivity index (χ0v) is 17.1. The van der Waals surface area contributed by atoms with Crippen molar-refractivity contribution in [3.05, 3.63) is 59.9 Å². The first-order chi connectivity index (χ1) is 9.57. The third kappa shape index (κ3) is 7.45. The van der Waals surface area contributed by atoms with Crippen LogP contribution in [0.2, 0.25) is 10.0 Å². The summed E-state index contributed by atoms with van der Waals surface area (Å²) in [6.45, 7) is 0. The van der Waals surface area contributed by atoms with Crippen molar-refractivity contribution in [1.82, 2.24) is 0 Å². The topological polar surface area (TPSA) is 54.4 Å². The van der Waals surface area contributed by atoms with E-state index in [1.807, 2.05) is 18.2 Å². The van der Waals surface area contributed by atoms with Gasteiger partial charge in [0, 0.05) is 23.5 Å². The Morgan fingerprint density at radius 1 is 0.762 bits per heavy atom. The molecule has 0 fully saturated rings. The van der Waals surface area contributed by atoms with Gasteiger partial charge < -0.3 is 0 Å². The highest BCUT2D eigenvalue weighted by molar-refractivity contribution is 9.11. The van der Waals surface area contributed by atoms with Gasteiger partial charge in [-0.05, 0) is 36.4 Å². The average Bonchev–Trinajstić information content (AvgIpc) is 2.24. The van der Waals surface area contributed by atoms with Gasteiger partial charge in [-0.15, -0.1) is 0 Å². The summed E-state index contributed by atoms with van der Waals surface area (Å²) in [5.74, 6) is 0. The molecule has 0 aliphatic carbocycles. The highest BCUT2D eigenvalue weighted by atomic mass is 79.9. The molecular weight excluding hydrogens is 535 g/mol. The maximum absolute atomic E-state index is 10.6. The molecule has 0 spiro atoms. The molecule has 2 aromatic carbocycles. The van der Waals surface area contributed by atoms with Crippen molar-refractivity contribution in [1.29, 1.82) is 0 Å². The molecule has 0 aliphatic heterocycles. The average molecular weight is 542 g/mol. The predicted octanol–water partition coefficient (Wildman–Crippen LogP) is 6.21. The van der Waals surface area contributed by atoms with Crippen molar-refractivity contribution in [2.45, 2.75) is 4.90 Å². The molecule has 2 rings (SSSR count). The number of halogens is 5. The van der Waals surface area contributed by atoms with Crippen LogP contribution in [0, 0.1) is 0 Å². The summed E-state index contributed by atoms with van der Waals surface area (Å²) < 4.78 is 32.3. The minimum Gasteiger partial charge on any atom is -0.282 e. The predicted molar refractivity (Wildman–Crippen MR) is 95.8 cm³/mol. The van der Waals surface area contributed by atoms with Crippen molar-refractivity contribution in [3.8, 4) is 0 Å². The summed E-state index contributed by atoms with van der Waals surface area (Å²) in [7, 11) is -4.16. The van der Waals surface area contributed by atoms with Crippen molar-refractivity contribution in [2.75, 3.05) is 0 Å². The summed E-state index contributed by atoms with van der Waals surface area (Å²) in [5, 5.41) is 0.980. The molecule has 0 atom stereocenters. The van der Waals surface area contributed by atoms with Crippen LogP contribution in [0.5, 0.6) is 0 Å². The van der Waals surface area contributed by atoms with Gasteiger partial charge >= 0.3 is 0 Å². The van der Waals surface area contributed by atoms with Crippen molar-refractivity contribution in [2.24, 2.45) is 0 Å². The molecule has 21 heavy (non-hydrogen) atoms. The Hall–Kier alpha value is 0.370. The first-order valence-electron chi connectivity index (χ1n) is 5.13. The highest BCUT2D eigenvalue weighted by Gasteiger charge is 2.10. The van der Waals surface area contributed by atoms with Crippen LogP contribution in [0.1, 0.15) is 0 Å². The van der Waals surface area contributed by atoms with Crippen molar-refractivity contribution < 1.29 is 13.0 Å². The second-order valence-electron chi connectivity index (χ2n) is 3.67. The van der Waals surface area contributed by atoms with Gasteiger partial charge in [-0.1, -0.05) is 71.0 Å². The zero-order valence-electron chi connectivity index (χ0n) is 10.0. The van der Waals surface area contributed by atoms with Crippen molar-refractivity contribution in [3.63, 3.8) is 0 Å². The van der Waals surface area contributed by atoms with Gasteiger partial charge in [0.15, 0.2) is 0 Å². The van der Waals surface area contributed by atoms with E-state index in [1.54, 1.807) is 0 Å². The fourth-order valence-corrected chi connectivity index (χ4v) is 4.62. The van der Waals surface area contributed by atoms with Gasteiger partial charge in [0.1, 0.15) is 0 Å². The molecule has 0 aromatic heterocycles. The smallest absolute Gasteiger partial charge is 0.282 e. The number of hydrogen-bond acceptors (Lipinski definition) is 2. The fourth-order valence-electron chi connectivity index (χ4n) is 1.20. The van der Waals surface area contributed by atoms with Crippen LogP contribution in [-0.4, -0.2) is 13.0 Å². The van der Waals surface area contributed by atoms with Gasteiger partial charge in [0.2, 0.25) is 0 Å². The minimum absolute atomic E-state index is 0.220. The summed E-state index contributed by atoms with van der Waals surface area (Å²) in [6, 6.07) is 9.57. The van der Waals surface area contributed by atoms with Crippen LogP contribution in [-0.2, 0) is 10.1 Å². The summed E-state index contributed by atoms with van der Waals surface area (Å²) in [6.07, 6.45) is 0. The second kappa shape index (κ2) is 8.29. The molecule has 3 nitrogen and oxygen atoms in total. The van der Waals surface area contributed by atoms with Gasteiger partial charge in [-0.25, -0.2) is 0 Å². The normalized spacial score (nSPS) is 10.8. The molecule has 1 N–H and O–H groups in total. The Morgan fingerprint density at radius 3 is 1.48 bits per heavy atom. The highest BCUT2D eigenvalue weighted by Crippen LogP contribution is 2.23. The SMILES string of the molecule is Clc1cc(Br)cc(Br)c1.O=S(=O)(O)c1cc(Cl)cc(Br)c1. The Bertz CT molecular complexity index is 681. The van der Waals surface area contributed by atoms with Gasteiger partial charge in [-0.2, -0.15) is 8.42 Å². The Kier molecular flexibility index (Phi) is 7.66. The van der Waals surface area contributed by atoms with Crippen LogP contribution in [0.4, 0.5) is 0 Å². The van der Waals surface area contributed by atoms with E-state index in [0.717, 1.165) is 14.0 Å². The molecule has 9 heteroatoms. The zero-order chi connectivity index (χ0) is 16.2. The van der Waals surface area contributed by atoms with Crippen LogP contribution >= 0.6 is 71.0 Å². The lowest BCUT2D eigenvalue weighted by molar-refractivity contribution is 0.483. The number of rotatable bonds is 1. The van der Waals surface area contributed by atoms with E-state index in [0.29, 0.717) is 4.47 Å². The van der Waals surface area contributed by atoms with Crippen molar-refractivity contribution >= 4 is 81.1 Å². The molecule has 114 valence electrons. The molecular formula is C12H7Br3Cl2O3S. The molecule has 0 radical (unpaired) electrons. The molecule has 2 aromatic rings. The molecule has 0 aliphatic rings. The summed E-state index contributed by atoms with van der Waals surface area (Å²) in [4.78, 5) is -0.220. The summed E-state index contributed by atoms with van der Waals surface area (Å²) in [5.41, 5.74) is 0. The minimum atomic E-state index is -4.16. The fraction of sp³-hybridized carbons (Fsp3) is 0. The van der Waals surface area contributed by atoms with E-state index >= 15 is 0 Å². The Labute approximate surface area is 157 Å². The van der Waals surface area contributed by atoms with E-state index in [1.165, 1.54) is 18.2 Å². The van der Waals surface area contributed by atoms with Crippen LogP contribution in [0.15, 0.2) is 54.7 Å². The van der Waals surface area contributed by atoms with E-state index < -0.39 is 10.1 Å². The Balaban J connectivity index is 0.000000219. The first kappa shape index (κ1) is 19.4. The largest absolute Gasteiger partial charge is 0.294 e. The molecule has 0 bridgehead atoms. The lowest BCUT2D eigenvalue weighted by Gasteiger charge is -1.98. The maximum atomic E-state index is 10.6. The lowest BCUT2D eigenvalue weighted by atomic mass is 10.4. The number of benzene rings is 2. The van der Waals surface area contributed by atoms with Gasteiger partial charge in [-0.3, -0.25) is 4.55 Å². The third-order valence-electron chi connectivity index (χ3n) is 1.96. The van der Waals surface area contributed by atoms with E-state index in [-0.39, 0.29) is 9.92 Å². The van der Waals surface area contributed by atoms with E-state index in [2.05, 4.69) is 47.8 Å². The van der Waals surface area contributed by atoms with E-state index in [9.17, 15) is 8.42 Å². The summed E-state index contributed by atoms with van der Waals surface area (Å²) >= 11 is 20.9. The van der Waals surface area contributed by atoms with Crippen LogP contribution in [0.25, 0.3) is 0 Å². The van der Waals surface area contributed by atoms with Gasteiger partial charge in [0.05, 0.1) is 4.90 Å². The molecule has 0 saturated heterocycles.